The standard InChI is InChI=1S/C28H40N4O5S/c1-27-11-10-22(34)28(2,16-33)21(27)15-20-24(19(27)14-23(35)29-12-13-32(3)4)30-26(38-20)31-25(36)17-6-8-18(37-5)9-7-17/h6-9,19,21-22,33-34H,10-16H2,1-5H3,(H,29,35)(H,30,31,36). The van der Waals surface area contributed by atoms with E-state index in [1.54, 1.807) is 31.4 Å². The second-order valence-corrected chi connectivity index (χ2v) is 12.5. The van der Waals surface area contributed by atoms with Crippen molar-refractivity contribution in [3.63, 3.8) is 0 Å². The fourth-order valence-electron chi connectivity index (χ4n) is 6.29. The third-order valence-corrected chi connectivity index (χ3v) is 9.75. The first kappa shape index (κ1) is 28.5. The largest absolute Gasteiger partial charge is 0.497 e. The van der Waals surface area contributed by atoms with Gasteiger partial charge in [-0.05, 0) is 69.0 Å². The molecule has 5 unspecified atom stereocenters. The molecule has 0 spiro atoms. The van der Waals surface area contributed by atoms with E-state index < -0.39 is 11.5 Å². The van der Waals surface area contributed by atoms with Crippen LogP contribution in [-0.2, 0) is 11.2 Å². The predicted molar refractivity (Wildman–Crippen MR) is 148 cm³/mol. The summed E-state index contributed by atoms with van der Waals surface area (Å²) >= 11 is 1.42. The lowest BCUT2D eigenvalue weighted by molar-refractivity contribution is -0.144. The maximum Gasteiger partial charge on any atom is 0.257 e. The average Bonchev–Trinajstić information content (AvgIpc) is 3.29. The second kappa shape index (κ2) is 11.3. The summed E-state index contributed by atoms with van der Waals surface area (Å²) in [4.78, 5) is 33.9. The maximum atomic E-state index is 13.1. The van der Waals surface area contributed by atoms with Gasteiger partial charge in [-0.1, -0.05) is 13.8 Å². The Morgan fingerprint density at radius 2 is 1.95 bits per heavy atom. The first-order chi connectivity index (χ1) is 18.0. The summed E-state index contributed by atoms with van der Waals surface area (Å²) in [6.07, 6.45) is 1.57. The van der Waals surface area contributed by atoms with Crippen LogP contribution in [0.5, 0.6) is 5.75 Å². The smallest absolute Gasteiger partial charge is 0.257 e. The average molecular weight is 545 g/mol. The molecule has 4 rings (SSSR count). The van der Waals surface area contributed by atoms with Gasteiger partial charge >= 0.3 is 0 Å². The lowest BCUT2D eigenvalue weighted by atomic mass is 9.47. The molecule has 0 saturated heterocycles. The second-order valence-electron chi connectivity index (χ2n) is 11.4. The number of aliphatic hydroxyl groups is 2. The van der Waals surface area contributed by atoms with Crippen molar-refractivity contribution >= 4 is 28.3 Å². The minimum Gasteiger partial charge on any atom is -0.497 e. The lowest BCUT2D eigenvalue weighted by Crippen LogP contribution is -2.57. The van der Waals surface area contributed by atoms with E-state index in [-0.39, 0.29) is 42.1 Å². The molecule has 1 aromatic carbocycles. The number of hydrogen-bond donors (Lipinski definition) is 4. The number of amides is 2. The van der Waals surface area contributed by atoms with Crippen LogP contribution in [0.2, 0.25) is 0 Å². The van der Waals surface area contributed by atoms with Crippen molar-refractivity contribution in [1.29, 1.82) is 0 Å². The molecule has 5 atom stereocenters. The number of fused-ring (bicyclic) bond motifs is 2. The molecule has 4 N–H and O–H groups in total. The number of thiazole rings is 1. The maximum absolute atomic E-state index is 13.1. The number of benzene rings is 1. The van der Waals surface area contributed by atoms with Crippen LogP contribution in [0.1, 0.15) is 60.0 Å². The van der Waals surface area contributed by atoms with Crippen LogP contribution in [0.15, 0.2) is 24.3 Å². The van der Waals surface area contributed by atoms with Crippen LogP contribution < -0.4 is 15.4 Å². The van der Waals surface area contributed by atoms with Gasteiger partial charge in [-0.2, -0.15) is 0 Å². The highest BCUT2D eigenvalue weighted by atomic mass is 32.1. The molecular weight excluding hydrogens is 504 g/mol. The fraction of sp³-hybridized carbons (Fsp3) is 0.607. The van der Waals surface area contributed by atoms with Crippen molar-refractivity contribution in [1.82, 2.24) is 15.2 Å². The van der Waals surface area contributed by atoms with Gasteiger partial charge in [0.2, 0.25) is 5.91 Å². The van der Waals surface area contributed by atoms with Gasteiger partial charge in [0.15, 0.2) is 5.13 Å². The fourth-order valence-corrected chi connectivity index (χ4v) is 7.35. The summed E-state index contributed by atoms with van der Waals surface area (Å²) in [6, 6.07) is 6.87. The molecule has 9 nitrogen and oxygen atoms in total. The van der Waals surface area contributed by atoms with Crippen molar-refractivity contribution in [2.45, 2.75) is 51.6 Å². The van der Waals surface area contributed by atoms with Crippen LogP contribution in [-0.4, -0.2) is 78.9 Å². The molecule has 0 radical (unpaired) electrons. The molecule has 0 bridgehead atoms. The number of carbonyl (C=O) groups excluding carboxylic acids is 2. The molecule has 1 aromatic heterocycles. The van der Waals surface area contributed by atoms with E-state index in [0.29, 0.717) is 35.8 Å². The van der Waals surface area contributed by atoms with Crippen molar-refractivity contribution in [3.8, 4) is 5.75 Å². The first-order valence-electron chi connectivity index (χ1n) is 13.2. The van der Waals surface area contributed by atoms with Gasteiger partial charge in [0.25, 0.3) is 5.91 Å². The molecule has 2 aliphatic rings. The zero-order valence-electron chi connectivity index (χ0n) is 22.9. The van der Waals surface area contributed by atoms with Crippen molar-refractivity contribution in [2.24, 2.45) is 16.7 Å². The number of anilines is 1. The molecule has 2 aliphatic carbocycles. The third-order valence-electron chi connectivity index (χ3n) is 8.74. The third kappa shape index (κ3) is 5.45. The predicted octanol–water partition coefficient (Wildman–Crippen LogP) is 2.89. The number of likely N-dealkylation sites (N-methyl/N-ethyl adjacent to an activating group) is 1. The minimum atomic E-state index is -0.694. The Bertz CT molecular complexity index is 1150. The van der Waals surface area contributed by atoms with Gasteiger partial charge in [-0.25, -0.2) is 4.98 Å². The Labute approximate surface area is 228 Å². The number of methoxy groups -OCH3 is 1. The van der Waals surface area contributed by atoms with E-state index >= 15 is 0 Å². The molecule has 0 aliphatic heterocycles. The van der Waals surface area contributed by atoms with Gasteiger partial charge < -0.3 is 25.2 Å². The molecule has 10 heteroatoms. The molecule has 1 fully saturated rings. The molecule has 1 saturated carbocycles. The Morgan fingerprint density at radius 1 is 1.24 bits per heavy atom. The highest BCUT2D eigenvalue weighted by Crippen LogP contribution is 2.62. The lowest BCUT2D eigenvalue weighted by Gasteiger charge is -2.58. The highest BCUT2D eigenvalue weighted by molar-refractivity contribution is 7.15. The van der Waals surface area contributed by atoms with Crippen LogP contribution in [0.25, 0.3) is 0 Å². The quantitative estimate of drug-likeness (QED) is 0.383. The monoisotopic (exact) mass is 544 g/mol. The molecular formula is C28H40N4O5S. The topological polar surface area (TPSA) is 124 Å². The van der Waals surface area contributed by atoms with E-state index in [1.165, 1.54) is 11.3 Å². The van der Waals surface area contributed by atoms with Gasteiger partial charge in [0.05, 0.1) is 25.5 Å². The van der Waals surface area contributed by atoms with Crippen LogP contribution >= 0.6 is 11.3 Å². The molecule has 208 valence electrons. The van der Waals surface area contributed by atoms with Crippen molar-refractivity contribution in [2.75, 3.05) is 46.2 Å². The minimum absolute atomic E-state index is 0.0404. The molecule has 1 heterocycles. The van der Waals surface area contributed by atoms with Crippen molar-refractivity contribution < 1.29 is 24.5 Å². The normalized spacial score (nSPS) is 28.4. The number of nitrogens with zero attached hydrogens (tertiary/aromatic N) is 2. The van der Waals surface area contributed by atoms with E-state index in [1.807, 2.05) is 25.9 Å². The number of rotatable bonds is 9. The Morgan fingerprint density at radius 3 is 2.58 bits per heavy atom. The number of aromatic nitrogens is 1. The highest BCUT2D eigenvalue weighted by Gasteiger charge is 2.59. The summed E-state index contributed by atoms with van der Waals surface area (Å²) in [5.41, 5.74) is 0.306. The number of nitrogens with one attached hydrogen (secondary N) is 2. The van der Waals surface area contributed by atoms with Gasteiger partial charge in [-0.3, -0.25) is 14.9 Å². The molecule has 38 heavy (non-hydrogen) atoms. The van der Waals surface area contributed by atoms with Gasteiger partial charge in [0.1, 0.15) is 5.75 Å². The van der Waals surface area contributed by atoms with E-state index in [9.17, 15) is 19.8 Å². The van der Waals surface area contributed by atoms with Crippen molar-refractivity contribution in [3.05, 3.63) is 40.4 Å². The van der Waals surface area contributed by atoms with Gasteiger partial charge in [0, 0.05) is 41.3 Å². The number of hydrogen-bond acceptors (Lipinski definition) is 8. The van der Waals surface area contributed by atoms with Gasteiger partial charge in [-0.15, -0.1) is 11.3 Å². The Kier molecular flexibility index (Phi) is 8.46. The Balaban J connectivity index is 1.64. The van der Waals surface area contributed by atoms with Crippen LogP contribution in [0, 0.1) is 16.7 Å². The summed E-state index contributed by atoms with van der Waals surface area (Å²) in [7, 11) is 5.50. The zero-order valence-corrected chi connectivity index (χ0v) is 23.7. The molecule has 2 amide bonds. The Hall–Kier alpha value is -2.53. The number of ether oxygens (including phenoxy) is 1. The number of aliphatic hydroxyl groups excluding tert-OH is 2. The van der Waals surface area contributed by atoms with E-state index in [0.717, 1.165) is 23.5 Å². The SMILES string of the molecule is COc1ccc(C(=O)Nc2nc3c(s2)CC2C(C)(CO)C(O)CCC2(C)C3CC(=O)NCCN(C)C)cc1. The summed E-state index contributed by atoms with van der Waals surface area (Å²) in [5, 5.41) is 27.8. The molecule has 2 aromatic rings. The van der Waals surface area contributed by atoms with Crippen LogP contribution in [0.3, 0.4) is 0 Å². The van der Waals surface area contributed by atoms with E-state index in [4.69, 9.17) is 9.72 Å². The number of carbonyl (C=O) groups is 2. The summed E-state index contributed by atoms with van der Waals surface area (Å²) < 4.78 is 5.18. The van der Waals surface area contributed by atoms with E-state index in [2.05, 4.69) is 17.6 Å². The first-order valence-corrected chi connectivity index (χ1v) is 14.0. The summed E-state index contributed by atoms with van der Waals surface area (Å²) in [5.74, 6) is 0.121. The zero-order chi connectivity index (χ0) is 27.7. The summed E-state index contributed by atoms with van der Waals surface area (Å²) in [6.45, 7) is 5.29. The van der Waals surface area contributed by atoms with Crippen LogP contribution in [0.4, 0.5) is 5.13 Å².